The fraction of sp³-hybridized carbons (Fsp3) is 0.500. The van der Waals surface area contributed by atoms with Gasteiger partial charge in [0.1, 0.15) is 0 Å². The average Bonchev–Trinajstić information content (AvgIpc) is 2.32. The van der Waals surface area contributed by atoms with Crippen molar-refractivity contribution in [2.75, 3.05) is 12.8 Å². The molecule has 0 saturated heterocycles. The summed E-state index contributed by atoms with van der Waals surface area (Å²) in [7, 11) is -3.43. The molecule has 0 bridgehead atoms. The zero-order valence-corrected chi connectivity index (χ0v) is 13.2. The standard InChI is InChI=1S/C14H22N2O3S/c1-14(2,3)16(20(4,18)19)11-13(17)15-10-12-8-6-5-7-9-12/h5-9H,10-11H2,1-4H3,(H,15,17). The normalized spacial score (nSPS) is 12.4. The third-order valence-corrected chi connectivity index (χ3v) is 4.25. The molecule has 0 heterocycles. The molecule has 0 saturated carbocycles. The molecule has 0 aliphatic carbocycles. The SMILES string of the molecule is CC(C)(C)N(CC(=O)NCc1ccccc1)S(C)(=O)=O. The number of sulfonamides is 1. The number of benzene rings is 1. The Morgan fingerprint density at radius 3 is 2.20 bits per heavy atom. The maximum atomic E-state index is 11.9. The summed E-state index contributed by atoms with van der Waals surface area (Å²) in [5.74, 6) is -0.311. The lowest BCUT2D eigenvalue weighted by atomic mass is 10.1. The van der Waals surface area contributed by atoms with Gasteiger partial charge < -0.3 is 5.32 Å². The van der Waals surface area contributed by atoms with Crippen LogP contribution in [0.5, 0.6) is 0 Å². The molecule has 0 aromatic heterocycles. The number of hydrogen-bond donors (Lipinski definition) is 1. The highest BCUT2D eigenvalue weighted by molar-refractivity contribution is 7.88. The minimum absolute atomic E-state index is 0.171. The maximum absolute atomic E-state index is 11.9. The molecule has 1 rings (SSSR count). The molecular weight excluding hydrogens is 276 g/mol. The maximum Gasteiger partial charge on any atom is 0.235 e. The topological polar surface area (TPSA) is 66.5 Å². The van der Waals surface area contributed by atoms with Gasteiger partial charge in [-0.15, -0.1) is 0 Å². The Morgan fingerprint density at radius 2 is 1.75 bits per heavy atom. The lowest BCUT2D eigenvalue weighted by molar-refractivity contribution is -0.122. The van der Waals surface area contributed by atoms with Gasteiger partial charge in [-0.2, -0.15) is 4.31 Å². The van der Waals surface area contributed by atoms with Gasteiger partial charge in [0.05, 0.1) is 12.8 Å². The predicted octanol–water partition coefficient (Wildman–Crippen LogP) is 1.36. The average molecular weight is 298 g/mol. The van der Waals surface area contributed by atoms with E-state index in [2.05, 4.69) is 5.32 Å². The molecule has 1 aromatic rings. The van der Waals surface area contributed by atoms with Crippen molar-refractivity contribution in [3.63, 3.8) is 0 Å². The van der Waals surface area contributed by atoms with E-state index in [1.54, 1.807) is 20.8 Å². The van der Waals surface area contributed by atoms with Crippen LogP contribution in [0, 0.1) is 0 Å². The summed E-state index contributed by atoms with van der Waals surface area (Å²) in [5, 5.41) is 2.73. The van der Waals surface area contributed by atoms with Crippen molar-refractivity contribution in [3.8, 4) is 0 Å². The van der Waals surface area contributed by atoms with Gasteiger partial charge in [-0.25, -0.2) is 8.42 Å². The van der Waals surface area contributed by atoms with Crippen LogP contribution in [-0.2, 0) is 21.4 Å². The molecule has 0 aliphatic rings. The van der Waals surface area contributed by atoms with Crippen molar-refractivity contribution in [2.24, 2.45) is 0 Å². The molecular formula is C14H22N2O3S. The van der Waals surface area contributed by atoms with Crippen LogP contribution in [0.3, 0.4) is 0 Å². The molecule has 1 N–H and O–H groups in total. The molecule has 0 aliphatic heterocycles. The van der Waals surface area contributed by atoms with Gasteiger partial charge in [0, 0.05) is 12.1 Å². The lowest BCUT2D eigenvalue weighted by Gasteiger charge is -2.32. The summed E-state index contributed by atoms with van der Waals surface area (Å²) in [5.41, 5.74) is 0.347. The minimum Gasteiger partial charge on any atom is -0.351 e. The monoisotopic (exact) mass is 298 g/mol. The molecule has 5 nitrogen and oxygen atoms in total. The van der Waals surface area contributed by atoms with Crippen molar-refractivity contribution < 1.29 is 13.2 Å². The van der Waals surface area contributed by atoms with Crippen molar-refractivity contribution >= 4 is 15.9 Å². The number of nitrogens with one attached hydrogen (secondary N) is 1. The summed E-state index contributed by atoms with van der Waals surface area (Å²) in [6.45, 7) is 5.51. The zero-order chi connectivity index (χ0) is 15.4. The van der Waals surface area contributed by atoms with E-state index in [9.17, 15) is 13.2 Å². The van der Waals surface area contributed by atoms with E-state index in [-0.39, 0.29) is 12.5 Å². The first-order valence-electron chi connectivity index (χ1n) is 6.39. The number of hydrogen-bond acceptors (Lipinski definition) is 3. The third kappa shape index (κ3) is 5.30. The highest BCUT2D eigenvalue weighted by atomic mass is 32.2. The van der Waals surface area contributed by atoms with E-state index >= 15 is 0 Å². The Bertz CT molecular complexity index is 548. The molecule has 0 radical (unpaired) electrons. The van der Waals surface area contributed by atoms with Crippen LogP contribution in [0.15, 0.2) is 30.3 Å². The molecule has 0 unspecified atom stereocenters. The highest BCUT2D eigenvalue weighted by Crippen LogP contribution is 2.16. The van der Waals surface area contributed by atoms with Crippen LogP contribution in [0.4, 0.5) is 0 Å². The van der Waals surface area contributed by atoms with E-state index in [4.69, 9.17) is 0 Å². The Morgan fingerprint density at radius 1 is 1.20 bits per heavy atom. The van der Waals surface area contributed by atoms with Gasteiger partial charge in [0.15, 0.2) is 0 Å². The van der Waals surface area contributed by atoms with Gasteiger partial charge in [0.2, 0.25) is 15.9 Å². The van der Waals surface area contributed by atoms with E-state index < -0.39 is 15.6 Å². The number of nitrogens with zero attached hydrogens (tertiary/aromatic N) is 1. The lowest BCUT2D eigenvalue weighted by Crippen LogP contribution is -2.49. The molecule has 20 heavy (non-hydrogen) atoms. The van der Waals surface area contributed by atoms with Crippen LogP contribution < -0.4 is 5.32 Å². The molecule has 6 heteroatoms. The molecule has 0 spiro atoms. The predicted molar refractivity (Wildman–Crippen MR) is 79.6 cm³/mol. The second kappa shape index (κ2) is 6.37. The minimum atomic E-state index is -3.43. The largest absolute Gasteiger partial charge is 0.351 e. The smallest absolute Gasteiger partial charge is 0.235 e. The first kappa shape index (κ1) is 16.7. The van der Waals surface area contributed by atoms with E-state index in [0.717, 1.165) is 11.8 Å². The van der Waals surface area contributed by atoms with Gasteiger partial charge in [-0.1, -0.05) is 30.3 Å². The molecule has 1 aromatic carbocycles. The van der Waals surface area contributed by atoms with Crippen molar-refractivity contribution in [2.45, 2.75) is 32.9 Å². The number of carbonyl (C=O) groups is 1. The quantitative estimate of drug-likeness (QED) is 0.892. The Hall–Kier alpha value is -1.40. The van der Waals surface area contributed by atoms with E-state index in [1.165, 1.54) is 4.31 Å². The van der Waals surface area contributed by atoms with Gasteiger partial charge >= 0.3 is 0 Å². The fourth-order valence-electron chi connectivity index (χ4n) is 1.83. The number of carbonyl (C=O) groups excluding carboxylic acids is 1. The molecule has 0 atom stereocenters. The zero-order valence-electron chi connectivity index (χ0n) is 12.4. The van der Waals surface area contributed by atoms with Crippen LogP contribution in [0.2, 0.25) is 0 Å². The molecule has 0 fully saturated rings. The number of amides is 1. The second-order valence-corrected chi connectivity index (χ2v) is 7.61. The fourth-order valence-corrected chi connectivity index (χ4v) is 3.18. The Labute approximate surface area is 121 Å². The van der Waals surface area contributed by atoms with Crippen LogP contribution in [0.1, 0.15) is 26.3 Å². The van der Waals surface area contributed by atoms with Crippen LogP contribution in [0.25, 0.3) is 0 Å². The van der Waals surface area contributed by atoms with Gasteiger partial charge in [-0.3, -0.25) is 4.79 Å². The van der Waals surface area contributed by atoms with Crippen LogP contribution >= 0.6 is 0 Å². The summed E-state index contributed by atoms with van der Waals surface area (Å²) < 4.78 is 24.7. The summed E-state index contributed by atoms with van der Waals surface area (Å²) in [4.78, 5) is 11.9. The highest BCUT2D eigenvalue weighted by Gasteiger charge is 2.31. The summed E-state index contributed by atoms with van der Waals surface area (Å²) in [6, 6.07) is 9.48. The number of rotatable bonds is 5. The van der Waals surface area contributed by atoms with E-state index in [1.807, 2.05) is 30.3 Å². The second-order valence-electron chi connectivity index (χ2n) is 5.70. The van der Waals surface area contributed by atoms with Crippen molar-refractivity contribution in [3.05, 3.63) is 35.9 Å². The van der Waals surface area contributed by atoms with Gasteiger partial charge in [0.25, 0.3) is 0 Å². The van der Waals surface area contributed by atoms with Crippen molar-refractivity contribution in [1.29, 1.82) is 0 Å². The Kier molecular flexibility index (Phi) is 5.30. The van der Waals surface area contributed by atoms with Crippen molar-refractivity contribution in [1.82, 2.24) is 9.62 Å². The van der Waals surface area contributed by atoms with Gasteiger partial charge in [-0.05, 0) is 26.3 Å². The molecule has 112 valence electrons. The van der Waals surface area contributed by atoms with E-state index in [0.29, 0.717) is 6.54 Å². The summed E-state index contributed by atoms with van der Waals surface area (Å²) >= 11 is 0. The summed E-state index contributed by atoms with van der Waals surface area (Å²) in [6.07, 6.45) is 1.11. The molecule has 1 amide bonds. The first-order chi connectivity index (χ1) is 9.10. The van der Waals surface area contributed by atoms with Crippen LogP contribution in [-0.4, -0.2) is 37.0 Å². The Balaban J connectivity index is 2.64. The third-order valence-electron chi connectivity index (χ3n) is 2.77. The first-order valence-corrected chi connectivity index (χ1v) is 8.24.